The van der Waals surface area contributed by atoms with Crippen molar-refractivity contribution in [1.82, 2.24) is 14.5 Å². The molecule has 4 heteroatoms. The van der Waals surface area contributed by atoms with E-state index >= 15 is 0 Å². The Bertz CT molecular complexity index is 665. The highest BCUT2D eigenvalue weighted by Gasteiger charge is 2.12. The molecule has 0 unspecified atom stereocenters. The number of aromatic amines is 1. The minimum Gasteiger partial charge on any atom is -0.345 e. The number of pyridine rings is 1. The van der Waals surface area contributed by atoms with Crippen LogP contribution in [-0.4, -0.2) is 28.5 Å². The van der Waals surface area contributed by atoms with Crippen molar-refractivity contribution >= 4 is 0 Å². The topological polar surface area (TPSA) is 41.0 Å². The molecule has 1 N–H and O–H groups in total. The molecule has 0 spiro atoms. The summed E-state index contributed by atoms with van der Waals surface area (Å²) in [7, 11) is 6.15. The number of hydrogen-bond donors (Lipinski definition) is 1. The monoisotopic (exact) mass is 273 g/mol. The van der Waals surface area contributed by atoms with Gasteiger partial charge in [0.25, 0.3) is 5.56 Å². The molecule has 20 heavy (non-hydrogen) atoms. The second kappa shape index (κ2) is 5.67. The van der Waals surface area contributed by atoms with Gasteiger partial charge < -0.3 is 14.5 Å². The predicted octanol–water partition coefficient (Wildman–Crippen LogP) is 2.31. The number of nitrogens with one attached hydrogen (secondary N) is 1. The summed E-state index contributed by atoms with van der Waals surface area (Å²) in [6.45, 7) is 4.85. The SMILES string of the molecule is CCc1cc(C)c(=O)[nH]c1-c1ccc(CN(C)C)n1C. The maximum absolute atomic E-state index is 11.9. The van der Waals surface area contributed by atoms with Gasteiger partial charge in [-0.05, 0) is 51.2 Å². The van der Waals surface area contributed by atoms with Gasteiger partial charge in [0.2, 0.25) is 0 Å². The molecule has 0 aliphatic carbocycles. The third kappa shape index (κ3) is 2.70. The van der Waals surface area contributed by atoms with Crippen molar-refractivity contribution < 1.29 is 0 Å². The smallest absolute Gasteiger partial charge is 0.251 e. The molecule has 0 aliphatic heterocycles. The summed E-state index contributed by atoms with van der Waals surface area (Å²) >= 11 is 0. The van der Waals surface area contributed by atoms with Crippen LogP contribution < -0.4 is 5.56 Å². The van der Waals surface area contributed by atoms with Gasteiger partial charge in [-0.1, -0.05) is 6.92 Å². The van der Waals surface area contributed by atoms with E-state index in [1.165, 1.54) is 11.3 Å². The first-order chi connectivity index (χ1) is 9.43. The molecule has 2 heterocycles. The highest BCUT2D eigenvalue weighted by Crippen LogP contribution is 2.23. The average Bonchev–Trinajstić information content (AvgIpc) is 2.73. The summed E-state index contributed by atoms with van der Waals surface area (Å²) in [5, 5.41) is 0. The van der Waals surface area contributed by atoms with Crippen LogP contribution in [0.1, 0.15) is 23.7 Å². The number of aromatic nitrogens is 2. The fraction of sp³-hybridized carbons (Fsp3) is 0.438. The van der Waals surface area contributed by atoms with Crippen molar-refractivity contribution in [2.75, 3.05) is 14.1 Å². The van der Waals surface area contributed by atoms with Crippen molar-refractivity contribution in [1.29, 1.82) is 0 Å². The lowest BCUT2D eigenvalue weighted by Gasteiger charge is -2.14. The van der Waals surface area contributed by atoms with Crippen molar-refractivity contribution in [3.63, 3.8) is 0 Å². The van der Waals surface area contributed by atoms with Crippen LogP contribution in [0.15, 0.2) is 23.0 Å². The van der Waals surface area contributed by atoms with E-state index < -0.39 is 0 Å². The highest BCUT2D eigenvalue weighted by atomic mass is 16.1. The molecular weight excluding hydrogens is 250 g/mol. The van der Waals surface area contributed by atoms with Gasteiger partial charge in [-0.3, -0.25) is 4.79 Å². The maximum Gasteiger partial charge on any atom is 0.251 e. The van der Waals surface area contributed by atoms with Crippen LogP contribution in [0.2, 0.25) is 0 Å². The van der Waals surface area contributed by atoms with Crippen molar-refractivity contribution in [2.24, 2.45) is 7.05 Å². The second-order valence-corrected chi connectivity index (χ2v) is 5.54. The normalized spacial score (nSPS) is 11.3. The van der Waals surface area contributed by atoms with Crippen LogP contribution >= 0.6 is 0 Å². The highest BCUT2D eigenvalue weighted by molar-refractivity contribution is 5.61. The molecule has 4 nitrogen and oxygen atoms in total. The van der Waals surface area contributed by atoms with Gasteiger partial charge in [-0.15, -0.1) is 0 Å². The Morgan fingerprint density at radius 3 is 2.60 bits per heavy atom. The molecule has 0 amide bonds. The quantitative estimate of drug-likeness (QED) is 0.928. The van der Waals surface area contributed by atoms with Crippen LogP contribution in [0.4, 0.5) is 0 Å². The zero-order valence-corrected chi connectivity index (χ0v) is 12.9. The fourth-order valence-corrected chi connectivity index (χ4v) is 2.49. The van der Waals surface area contributed by atoms with E-state index in [2.05, 4.69) is 47.6 Å². The first kappa shape index (κ1) is 14.6. The molecule has 0 fully saturated rings. The lowest BCUT2D eigenvalue weighted by Crippen LogP contribution is -2.15. The number of rotatable bonds is 4. The van der Waals surface area contributed by atoms with E-state index in [9.17, 15) is 4.79 Å². The predicted molar refractivity (Wildman–Crippen MR) is 83.0 cm³/mol. The Morgan fingerprint density at radius 1 is 1.30 bits per heavy atom. The van der Waals surface area contributed by atoms with E-state index in [4.69, 9.17) is 0 Å². The summed E-state index contributed by atoms with van der Waals surface area (Å²) in [6, 6.07) is 6.19. The zero-order chi connectivity index (χ0) is 14.9. The van der Waals surface area contributed by atoms with E-state index in [0.717, 1.165) is 29.9 Å². The molecule has 0 atom stereocenters. The Labute approximate surface area is 120 Å². The van der Waals surface area contributed by atoms with Crippen molar-refractivity contribution in [3.05, 3.63) is 45.4 Å². The number of hydrogen-bond acceptors (Lipinski definition) is 2. The largest absolute Gasteiger partial charge is 0.345 e. The van der Waals surface area contributed by atoms with Gasteiger partial charge in [0.1, 0.15) is 0 Å². The molecule has 0 bridgehead atoms. The molecular formula is C16H23N3O. The molecule has 0 radical (unpaired) electrons. The van der Waals surface area contributed by atoms with Crippen LogP contribution in [0.25, 0.3) is 11.4 Å². The zero-order valence-electron chi connectivity index (χ0n) is 12.9. The van der Waals surface area contributed by atoms with Gasteiger partial charge in [-0.2, -0.15) is 0 Å². The lowest BCUT2D eigenvalue weighted by molar-refractivity contribution is 0.391. The lowest BCUT2D eigenvalue weighted by atomic mass is 10.1. The Morgan fingerprint density at radius 2 is 2.00 bits per heavy atom. The van der Waals surface area contributed by atoms with Crippen LogP contribution in [0.3, 0.4) is 0 Å². The summed E-state index contributed by atoms with van der Waals surface area (Å²) in [5.41, 5.74) is 5.18. The van der Waals surface area contributed by atoms with E-state index in [0.29, 0.717) is 0 Å². The molecule has 2 aromatic rings. The van der Waals surface area contributed by atoms with Crippen LogP contribution in [0.5, 0.6) is 0 Å². The fourth-order valence-electron chi connectivity index (χ4n) is 2.49. The van der Waals surface area contributed by atoms with Gasteiger partial charge in [0.15, 0.2) is 0 Å². The summed E-state index contributed by atoms with van der Waals surface area (Å²) in [5.74, 6) is 0. The number of nitrogens with zero attached hydrogens (tertiary/aromatic N) is 2. The van der Waals surface area contributed by atoms with Crippen molar-refractivity contribution in [2.45, 2.75) is 26.8 Å². The van der Waals surface area contributed by atoms with Gasteiger partial charge in [0.05, 0.1) is 11.4 Å². The molecule has 108 valence electrons. The van der Waals surface area contributed by atoms with Crippen LogP contribution in [-0.2, 0) is 20.0 Å². The van der Waals surface area contributed by atoms with Gasteiger partial charge >= 0.3 is 0 Å². The molecule has 0 saturated carbocycles. The molecule has 0 saturated heterocycles. The molecule has 0 aromatic carbocycles. The van der Waals surface area contributed by atoms with Gasteiger partial charge in [0, 0.05) is 24.8 Å². The summed E-state index contributed by atoms with van der Waals surface area (Å²) in [4.78, 5) is 17.1. The summed E-state index contributed by atoms with van der Waals surface area (Å²) < 4.78 is 2.15. The third-order valence-corrected chi connectivity index (χ3v) is 3.65. The van der Waals surface area contributed by atoms with E-state index in [1.54, 1.807) is 0 Å². The van der Waals surface area contributed by atoms with E-state index in [-0.39, 0.29) is 5.56 Å². The minimum absolute atomic E-state index is 0.00689. The average molecular weight is 273 g/mol. The van der Waals surface area contributed by atoms with Gasteiger partial charge in [-0.25, -0.2) is 0 Å². The third-order valence-electron chi connectivity index (χ3n) is 3.65. The molecule has 0 aliphatic rings. The standard InChI is InChI=1S/C16H23N3O/c1-6-12-9-11(2)16(20)17-15(12)14-8-7-13(19(14)5)10-18(3)4/h7-9H,6,10H2,1-5H3,(H,17,20). The Balaban J connectivity index is 2.54. The molecule has 2 aromatic heterocycles. The first-order valence-electron chi connectivity index (χ1n) is 6.96. The maximum atomic E-state index is 11.9. The number of H-pyrrole nitrogens is 1. The van der Waals surface area contributed by atoms with E-state index in [1.807, 2.05) is 20.0 Å². The van der Waals surface area contributed by atoms with Crippen molar-refractivity contribution in [3.8, 4) is 11.4 Å². The molecule has 2 rings (SSSR count). The summed E-state index contributed by atoms with van der Waals surface area (Å²) in [6.07, 6.45) is 0.904. The minimum atomic E-state index is -0.00689. The Hall–Kier alpha value is -1.81. The second-order valence-electron chi connectivity index (χ2n) is 5.54. The number of aryl methyl sites for hydroxylation is 2. The van der Waals surface area contributed by atoms with Crippen LogP contribution in [0, 0.1) is 6.92 Å². The Kier molecular flexibility index (Phi) is 4.14. The first-order valence-corrected chi connectivity index (χ1v) is 6.96.